The number of halogens is 1. The lowest BCUT2D eigenvalue weighted by molar-refractivity contribution is 0.285. The molecule has 0 unspecified atom stereocenters. The molecule has 0 spiro atoms. The number of hydrogen-bond donors (Lipinski definition) is 1. The van der Waals surface area contributed by atoms with Gasteiger partial charge in [-0.3, -0.25) is 0 Å². The lowest BCUT2D eigenvalue weighted by atomic mass is 10.1. The third kappa shape index (κ3) is 3.56. The summed E-state index contributed by atoms with van der Waals surface area (Å²) in [6, 6.07) is 0.0270. The molecule has 0 aromatic carbocycles. The van der Waals surface area contributed by atoms with Crippen molar-refractivity contribution in [3.8, 4) is 0 Å². The summed E-state index contributed by atoms with van der Waals surface area (Å²) in [7, 11) is -3.17. The molecule has 7 nitrogen and oxygen atoms in total. The van der Waals surface area contributed by atoms with Crippen LogP contribution in [0.15, 0.2) is 6.33 Å². The number of rotatable bonds is 4. The van der Waals surface area contributed by atoms with E-state index in [1.807, 2.05) is 11.8 Å². The van der Waals surface area contributed by atoms with E-state index in [0.29, 0.717) is 30.5 Å². The minimum atomic E-state index is -3.17. The van der Waals surface area contributed by atoms with E-state index in [0.717, 1.165) is 12.8 Å². The van der Waals surface area contributed by atoms with Crippen LogP contribution < -0.4 is 10.6 Å². The van der Waals surface area contributed by atoms with Gasteiger partial charge in [0.25, 0.3) is 0 Å². The molecule has 9 heteroatoms. The van der Waals surface area contributed by atoms with Gasteiger partial charge in [0.2, 0.25) is 10.0 Å². The number of hydrogen-bond acceptors (Lipinski definition) is 6. The highest BCUT2D eigenvalue weighted by Gasteiger charge is 2.30. The van der Waals surface area contributed by atoms with E-state index in [2.05, 4.69) is 9.97 Å². The standard InChI is InChI=1S/C12H20ClN5O2S/c1-3-18(21(2,19)20)9-4-6-17(7-5-9)12-10(13)11(14)15-8-16-12/h8-9H,3-7H2,1-2H3,(H2,14,15,16). The molecule has 1 aliphatic heterocycles. The Morgan fingerprint density at radius 1 is 1.43 bits per heavy atom. The molecule has 2 heterocycles. The zero-order valence-corrected chi connectivity index (χ0v) is 13.7. The van der Waals surface area contributed by atoms with E-state index < -0.39 is 10.0 Å². The fourth-order valence-electron chi connectivity index (χ4n) is 2.72. The molecule has 1 aliphatic rings. The van der Waals surface area contributed by atoms with Crippen LogP contribution >= 0.6 is 11.6 Å². The Kier molecular flexibility index (Phi) is 4.90. The molecule has 0 amide bonds. The van der Waals surface area contributed by atoms with E-state index in [9.17, 15) is 8.42 Å². The van der Waals surface area contributed by atoms with Crippen LogP contribution in [-0.2, 0) is 10.0 Å². The first kappa shape index (κ1) is 16.3. The summed E-state index contributed by atoms with van der Waals surface area (Å²) in [5.41, 5.74) is 5.68. The number of aromatic nitrogens is 2. The minimum Gasteiger partial charge on any atom is -0.382 e. The fraction of sp³-hybridized carbons (Fsp3) is 0.667. The maximum atomic E-state index is 11.8. The molecular formula is C12H20ClN5O2S. The van der Waals surface area contributed by atoms with Gasteiger partial charge in [-0.15, -0.1) is 0 Å². The largest absolute Gasteiger partial charge is 0.382 e. The van der Waals surface area contributed by atoms with Crippen LogP contribution in [-0.4, -0.2) is 54.6 Å². The van der Waals surface area contributed by atoms with Gasteiger partial charge in [-0.1, -0.05) is 18.5 Å². The number of anilines is 2. The molecule has 2 rings (SSSR count). The van der Waals surface area contributed by atoms with Gasteiger partial charge in [-0.2, -0.15) is 4.31 Å². The average Bonchev–Trinajstić information content (AvgIpc) is 2.42. The highest BCUT2D eigenvalue weighted by atomic mass is 35.5. The first-order chi connectivity index (χ1) is 9.84. The van der Waals surface area contributed by atoms with Crippen molar-refractivity contribution in [1.29, 1.82) is 0 Å². The second-order valence-electron chi connectivity index (χ2n) is 5.08. The quantitative estimate of drug-likeness (QED) is 0.882. The topological polar surface area (TPSA) is 92.4 Å². The maximum absolute atomic E-state index is 11.8. The van der Waals surface area contributed by atoms with E-state index in [4.69, 9.17) is 17.3 Å². The first-order valence-corrected chi connectivity index (χ1v) is 9.05. The molecule has 1 aromatic heterocycles. The van der Waals surface area contributed by atoms with Gasteiger partial charge in [-0.05, 0) is 12.8 Å². The molecule has 2 N–H and O–H groups in total. The summed E-state index contributed by atoms with van der Waals surface area (Å²) < 4.78 is 25.1. The van der Waals surface area contributed by atoms with Crippen molar-refractivity contribution in [2.24, 2.45) is 0 Å². The Hall–Kier alpha value is -1.12. The summed E-state index contributed by atoms with van der Waals surface area (Å²) >= 11 is 6.13. The molecule has 21 heavy (non-hydrogen) atoms. The van der Waals surface area contributed by atoms with Gasteiger partial charge in [0.05, 0.1) is 6.26 Å². The Labute approximate surface area is 130 Å². The lowest BCUT2D eigenvalue weighted by Crippen LogP contribution is -2.47. The van der Waals surface area contributed by atoms with Crippen LogP contribution in [0.5, 0.6) is 0 Å². The van der Waals surface area contributed by atoms with Crippen molar-refractivity contribution in [3.63, 3.8) is 0 Å². The zero-order valence-electron chi connectivity index (χ0n) is 12.2. The van der Waals surface area contributed by atoms with Crippen molar-refractivity contribution in [2.75, 3.05) is 36.5 Å². The number of nitrogens with two attached hydrogens (primary N) is 1. The van der Waals surface area contributed by atoms with Crippen LogP contribution in [0.1, 0.15) is 19.8 Å². The van der Waals surface area contributed by atoms with Gasteiger partial charge in [-0.25, -0.2) is 18.4 Å². The molecule has 118 valence electrons. The lowest BCUT2D eigenvalue weighted by Gasteiger charge is -2.37. The van der Waals surface area contributed by atoms with Gasteiger partial charge in [0, 0.05) is 25.7 Å². The second-order valence-corrected chi connectivity index (χ2v) is 7.39. The van der Waals surface area contributed by atoms with Crippen molar-refractivity contribution in [3.05, 3.63) is 11.3 Å². The van der Waals surface area contributed by atoms with Gasteiger partial charge in [0.1, 0.15) is 17.2 Å². The van der Waals surface area contributed by atoms with Crippen LogP contribution in [0.2, 0.25) is 5.02 Å². The molecule has 1 aromatic rings. The van der Waals surface area contributed by atoms with Crippen LogP contribution in [0.25, 0.3) is 0 Å². The van der Waals surface area contributed by atoms with Crippen LogP contribution in [0.3, 0.4) is 0 Å². The molecule has 0 saturated carbocycles. The monoisotopic (exact) mass is 333 g/mol. The van der Waals surface area contributed by atoms with Crippen molar-refractivity contribution >= 4 is 33.3 Å². The summed E-state index contributed by atoms with van der Waals surface area (Å²) in [6.07, 6.45) is 4.12. The summed E-state index contributed by atoms with van der Waals surface area (Å²) in [5, 5.41) is 0.353. The third-order valence-corrected chi connectivity index (χ3v) is 5.48. The Bertz CT molecular complexity index is 602. The first-order valence-electron chi connectivity index (χ1n) is 6.82. The van der Waals surface area contributed by atoms with Gasteiger partial charge in [0.15, 0.2) is 5.82 Å². The summed E-state index contributed by atoms with van der Waals surface area (Å²) in [6.45, 7) is 3.72. The van der Waals surface area contributed by atoms with Crippen LogP contribution in [0.4, 0.5) is 11.6 Å². The number of nitrogens with zero attached hydrogens (tertiary/aromatic N) is 4. The molecule has 1 saturated heterocycles. The van der Waals surface area contributed by atoms with E-state index in [1.54, 1.807) is 4.31 Å². The summed E-state index contributed by atoms with van der Waals surface area (Å²) in [5.74, 6) is 0.875. The number of piperidine rings is 1. The number of nitrogen functional groups attached to an aromatic ring is 1. The molecular weight excluding hydrogens is 314 g/mol. The van der Waals surface area contributed by atoms with Crippen LogP contribution in [0, 0.1) is 0 Å². The second kappa shape index (κ2) is 6.33. The minimum absolute atomic E-state index is 0.0270. The van der Waals surface area contributed by atoms with Gasteiger partial charge < -0.3 is 10.6 Å². The highest BCUT2D eigenvalue weighted by Crippen LogP contribution is 2.30. The average molecular weight is 334 g/mol. The Morgan fingerprint density at radius 3 is 2.57 bits per heavy atom. The molecule has 0 radical (unpaired) electrons. The SMILES string of the molecule is CCN(C1CCN(c2ncnc(N)c2Cl)CC1)S(C)(=O)=O. The maximum Gasteiger partial charge on any atom is 0.211 e. The number of sulfonamides is 1. The van der Waals surface area contributed by atoms with Gasteiger partial charge >= 0.3 is 0 Å². The smallest absolute Gasteiger partial charge is 0.211 e. The zero-order chi connectivity index (χ0) is 15.6. The molecule has 1 fully saturated rings. The van der Waals surface area contributed by atoms with E-state index >= 15 is 0 Å². The third-order valence-electron chi connectivity index (χ3n) is 3.71. The van der Waals surface area contributed by atoms with Crippen molar-refractivity contribution in [2.45, 2.75) is 25.8 Å². The van der Waals surface area contributed by atoms with E-state index in [-0.39, 0.29) is 11.9 Å². The Morgan fingerprint density at radius 2 is 2.05 bits per heavy atom. The van der Waals surface area contributed by atoms with Crippen molar-refractivity contribution in [1.82, 2.24) is 14.3 Å². The van der Waals surface area contributed by atoms with Crippen molar-refractivity contribution < 1.29 is 8.42 Å². The van der Waals surface area contributed by atoms with E-state index in [1.165, 1.54) is 12.6 Å². The summed E-state index contributed by atoms with van der Waals surface area (Å²) in [4.78, 5) is 10.0. The predicted molar refractivity (Wildman–Crippen MR) is 83.9 cm³/mol. The molecule has 0 bridgehead atoms. The Balaban J connectivity index is 2.08. The normalized spacial score (nSPS) is 17.4. The molecule has 0 aliphatic carbocycles. The fourth-order valence-corrected chi connectivity index (χ4v) is 4.16. The molecule has 0 atom stereocenters. The highest BCUT2D eigenvalue weighted by molar-refractivity contribution is 7.88. The predicted octanol–water partition coefficient (Wildman–Crippen LogP) is 0.963.